The van der Waals surface area contributed by atoms with Gasteiger partial charge in [-0.2, -0.15) is 0 Å². The minimum atomic E-state index is -0.581. The first-order valence-corrected chi connectivity index (χ1v) is 7.60. The number of hydrogen-bond donors (Lipinski definition) is 1. The van der Waals surface area contributed by atoms with Gasteiger partial charge in [0.15, 0.2) is 0 Å². The maximum Gasteiger partial charge on any atom is 0.123 e. The number of halogens is 1. The van der Waals surface area contributed by atoms with Crippen molar-refractivity contribution in [2.75, 3.05) is 5.06 Å². The van der Waals surface area contributed by atoms with Crippen LogP contribution in [0.1, 0.15) is 31.4 Å². The number of benzene rings is 2. The minimum Gasteiger partial charge on any atom is -0.388 e. The van der Waals surface area contributed by atoms with Gasteiger partial charge in [0.05, 0.1) is 17.8 Å². The largest absolute Gasteiger partial charge is 0.388 e. The van der Waals surface area contributed by atoms with E-state index in [0.717, 1.165) is 17.7 Å². The van der Waals surface area contributed by atoms with Crippen LogP contribution < -0.4 is 5.06 Å². The average molecular weight is 301 g/mol. The first-order chi connectivity index (χ1) is 10.6. The third kappa shape index (κ3) is 3.13. The van der Waals surface area contributed by atoms with Crippen LogP contribution in [0.2, 0.25) is 0 Å². The van der Waals surface area contributed by atoms with E-state index in [4.69, 9.17) is 4.84 Å². The molecule has 4 heteroatoms. The highest BCUT2D eigenvalue weighted by atomic mass is 19.1. The first-order valence-electron chi connectivity index (χ1n) is 7.60. The van der Waals surface area contributed by atoms with Crippen molar-refractivity contribution in [1.29, 1.82) is 0 Å². The molecule has 0 bridgehead atoms. The molecule has 0 radical (unpaired) electrons. The van der Waals surface area contributed by atoms with Gasteiger partial charge < -0.3 is 5.11 Å². The van der Waals surface area contributed by atoms with E-state index in [0.29, 0.717) is 6.42 Å². The molecule has 1 aliphatic heterocycles. The van der Waals surface area contributed by atoms with E-state index in [1.807, 2.05) is 35.4 Å². The topological polar surface area (TPSA) is 32.7 Å². The molecule has 0 aliphatic carbocycles. The molecule has 1 heterocycles. The second kappa shape index (κ2) is 6.46. The molecule has 0 amide bonds. The summed E-state index contributed by atoms with van der Waals surface area (Å²) >= 11 is 0. The van der Waals surface area contributed by atoms with E-state index in [1.54, 1.807) is 12.1 Å². The second-order valence-electron chi connectivity index (χ2n) is 5.69. The Morgan fingerprint density at radius 1 is 1.14 bits per heavy atom. The third-order valence-corrected chi connectivity index (χ3v) is 4.15. The summed E-state index contributed by atoms with van der Waals surface area (Å²) in [5, 5.41) is 12.1. The fraction of sp³-hybridized carbons (Fsp3) is 0.333. The molecule has 0 spiro atoms. The molecule has 2 aromatic carbocycles. The van der Waals surface area contributed by atoms with Gasteiger partial charge >= 0.3 is 0 Å². The summed E-state index contributed by atoms with van der Waals surface area (Å²) in [5.74, 6) is -0.287. The molecule has 1 fully saturated rings. The molecule has 116 valence electrons. The molecule has 22 heavy (non-hydrogen) atoms. The smallest absolute Gasteiger partial charge is 0.123 e. The summed E-state index contributed by atoms with van der Waals surface area (Å²) in [5.41, 5.74) is 1.79. The Balaban J connectivity index is 1.50. The fourth-order valence-electron chi connectivity index (χ4n) is 2.76. The van der Waals surface area contributed by atoms with Crippen LogP contribution >= 0.6 is 0 Å². The van der Waals surface area contributed by atoms with Crippen LogP contribution in [0.3, 0.4) is 0 Å². The van der Waals surface area contributed by atoms with Crippen LogP contribution in [0.5, 0.6) is 0 Å². The normalized spacial score (nSPS) is 22.2. The van der Waals surface area contributed by atoms with Gasteiger partial charge in [-0.25, -0.2) is 9.45 Å². The summed E-state index contributed by atoms with van der Waals surface area (Å²) in [6, 6.07) is 16.3. The lowest BCUT2D eigenvalue weighted by Crippen LogP contribution is -2.56. The lowest BCUT2D eigenvalue weighted by molar-refractivity contribution is -0.104. The molecule has 3 atom stereocenters. The fourth-order valence-corrected chi connectivity index (χ4v) is 2.76. The zero-order chi connectivity index (χ0) is 15.5. The number of aliphatic hydroxyl groups excluding tert-OH is 1. The van der Waals surface area contributed by atoms with Gasteiger partial charge in [-0.1, -0.05) is 30.3 Å². The molecule has 0 saturated carbocycles. The Kier molecular flexibility index (Phi) is 4.41. The van der Waals surface area contributed by atoms with Crippen molar-refractivity contribution in [1.82, 2.24) is 0 Å². The Hall–Kier alpha value is -1.91. The van der Waals surface area contributed by atoms with Crippen LogP contribution in [0.15, 0.2) is 54.6 Å². The molecule has 3 unspecified atom stereocenters. The molecule has 1 saturated heterocycles. The molecular formula is C18H20FNO2. The van der Waals surface area contributed by atoms with Crippen molar-refractivity contribution in [3.8, 4) is 0 Å². The van der Waals surface area contributed by atoms with Crippen molar-refractivity contribution in [3.05, 3.63) is 66.0 Å². The average Bonchev–Trinajstić information content (AvgIpc) is 2.55. The summed E-state index contributed by atoms with van der Waals surface area (Å²) < 4.78 is 12.9. The lowest BCUT2D eigenvalue weighted by Gasteiger charge is -2.46. The number of aliphatic hydroxyl groups is 1. The number of hydroxylamine groups is 1. The number of anilines is 1. The van der Waals surface area contributed by atoms with Crippen molar-refractivity contribution >= 4 is 5.69 Å². The Labute approximate surface area is 129 Å². The number of nitrogens with zero attached hydrogens (tertiary/aromatic N) is 1. The predicted molar refractivity (Wildman–Crippen MR) is 83.8 cm³/mol. The zero-order valence-corrected chi connectivity index (χ0v) is 12.5. The number of hydrogen-bond acceptors (Lipinski definition) is 3. The van der Waals surface area contributed by atoms with Gasteiger partial charge in [-0.15, -0.1) is 0 Å². The maximum absolute atomic E-state index is 12.9. The predicted octanol–water partition coefficient (Wildman–Crippen LogP) is 3.85. The van der Waals surface area contributed by atoms with Gasteiger partial charge in [0.2, 0.25) is 0 Å². The third-order valence-electron chi connectivity index (χ3n) is 4.15. The van der Waals surface area contributed by atoms with E-state index in [-0.39, 0.29) is 18.0 Å². The van der Waals surface area contributed by atoms with Gasteiger partial charge in [-0.3, -0.25) is 4.84 Å². The van der Waals surface area contributed by atoms with Gasteiger partial charge in [0, 0.05) is 0 Å². The Morgan fingerprint density at radius 3 is 2.45 bits per heavy atom. The van der Waals surface area contributed by atoms with E-state index in [1.165, 1.54) is 12.1 Å². The van der Waals surface area contributed by atoms with Gasteiger partial charge in [0.25, 0.3) is 0 Å². The molecular weight excluding hydrogens is 281 g/mol. The van der Waals surface area contributed by atoms with Crippen molar-refractivity contribution in [3.63, 3.8) is 0 Å². The van der Waals surface area contributed by atoms with Gasteiger partial charge in [0.1, 0.15) is 11.9 Å². The monoisotopic (exact) mass is 301 g/mol. The van der Waals surface area contributed by atoms with Crippen molar-refractivity contribution in [2.45, 2.75) is 38.0 Å². The van der Waals surface area contributed by atoms with Crippen LogP contribution in [-0.2, 0) is 4.84 Å². The Bertz CT molecular complexity index is 602. The summed E-state index contributed by atoms with van der Waals surface area (Å²) in [6.07, 6.45) is 0.893. The molecule has 3 rings (SSSR count). The summed E-state index contributed by atoms with van der Waals surface area (Å²) in [6.45, 7) is 2.12. The number of rotatable bonds is 5. The molecule has 0 aromatic heterocycles. The van der Waals surface area contributed by atoms with Crippen molar-refractivity contribution in [2.24, 2.45) is 0 Å². The number of para-hydroxylation sites is 1. The highest BCUT2D eigenvalue weighted by Crippen LogP contribution is 2.33. The first kappa shape index (κ1) is 15.0. The van der Waals surface area contributed by atoms with Gasteiger partial charge in [-0.05, 0) is 49.6 Å². The van der Waals surface area contributed by atoms with Crippen molar-refractivity contribution < 1.29 is 14.3 Å². The maximum atomic E-state index is 12.9. The summed E-state index contributed by atoms with van der Waals surface area (Å²) in [4.78, 5) is 5.81. The molecule has 2 aromatic rings. The quantitative estimate of drug-likeness (QED) is 0.910. The van der Waals surface area contributed by atoms with E-state index < -0.39 is 6.10 Å². The minimum absolute atomic E-state index is 0.107. The zero-order valence-electron chi connectivity index (χ0n) is 12.5. The Morgan fingerprint density at radius 2 is 1.82 bits per heavy atom. The summed E-state index contributed by atoms with van der Waals surface area (Å²) in [7, 11) is 0. The van der Waals surface area contributed by atoms with Crippen LogP contribution in [0.25, 0.3) is 0 Å². The molecule has 3 nitrogen and oxygen atoms in total. The highest BCUT2D eigenvalue weighted by molar-refractivity contribution is 5.46. The standard InChI is InChI=1S/C18H20FNO2/c1-13-18(22-20(13)16-5-3-2-4-6-16)12-11-17(21)14-7-9-15(19)10-8-14/h2-10,13,17-18,21H,11-12H2,1H3. The SMILES string of the molecule is CC1C(CCC(O)c2ccc(F)cc2)ON1c1ccccc1. The lowest BCUT2D eigenvalue weighted by atomic mass is 9.98. The van der Waals surface area contributed by atoms with Crippen LogP contribution in [-0.4, -0.2) is 17.3 Å². The van der Waals surface area contributed by atoms with E-state index >= 15 is 0 Å². The molecule has 1 aliphatic rings. The van der Waals surface area contributed by atoms with E-state index in [2.05, 4.69) is 6.92 Å². The highest BCUT2D eigenvalue weighted by Gasteiger charge is 2.37. The second-order valence-corrected chi connectivity index (χ2v) is 5.69. The molecule has 1 N–H and O–H groups in total. The van der Waals surface area contributed by atoms with Crippen LogP contribution in [0.4, 0.5) is 10.1 Å². The van der Waals surface area contributed by atoms with Crippen LogP contribution in [0, 0.1) is 5.82 Å². The van der Waals surface area contributed by atoms with E-state index in [9.17, 15) is 9.50 Å².